The zero-order valence-corrected chi connectivity index (χ0v) is 13.9. The molecule has 0 aliphatic rings. The molecule has 1 aromatic carbocycles. The van der Waals surface area contributed by atoms with Crippen LogP contribution in [0, 0.1) is 14.4 Å². The van der Waals surface area contributed by atoms with Crippen molar-refractivity contribution < 1.29 is 37.5 Å². The third kappa shape index (κ3) is 8.21. The quantitative estimate of drug-likeness (QED) is 0.453. The van der Waals surface area contributed by atoms with Crippen LogP contribution in [-0.2, 0) is 37.5 Å². The monoisotopic (exact) mass is 314 g/mol. The molecule has 1 aromatic rings. The van der Waals surface area contributed by atoms with Gasteiger partial charge in [0, 0.05) is 32.7 Å². The molecule has 16 heavy (non-hydrogen) atoms. The molecule has 0 spiro atoms. The minimum Gasteiger partial charge on any atom is -0.358 e. The van der Waals surface area contributed by atoms with Gasteiger partial charge in [-0.25, -0.2) is 0 Å². The van der Waals surface area contributed by atoms with Gasteiger partial charge in [0.05, 0.1) is 5.03 Å². The molecule has 0 saturated heterocycles. The number of allylic oxidation sites excluding steroid dienone is 1. The summed E-state index contributed by atoms with van der Waals surface area (Å²) in [5.74, 6) is 0. The summed E-state index contributed by atoms with van der Waals surface area (Å²) < 4.78 is 0. The molecule has 0 bridgehead atoms. The first-order valence-electron chi connectivity index (χ1n) is 4.62. The molecule has 0 aromatic heterocycles. The summed E-state index contributed by atoms with van der Waals surface area (Å²) in [6, 6.07) is 7.68. The van der Waals surface area contributed by atoms with Crippen molar-refractivity contribution in [3.05, 3.63) is 48.9 Å². The molecular formula is C13H18ClOY-. The van der Waals surface area contributed by atoms with Gasteiger partial charge in [-0.2, -0.15) is 0 Å². The van der Waals surface area contributed by atoms with E-state index in [0.29, 0.717) is 11.3 Å². The maximum atomic E-state index is 10.1. The number of hydrogen-bond donors (Lipinski definition) is 0. The number of aldehydes is 1. The Labute approximate surface area is 129 Å². The van der Waals surface area contributed by atoms with Crippen LogP contribution in [0.1, 0.15) is 25.0 Å². The number of hydrogen-bond acceptors (Lipinski definition) is 1. The first-order chi connectivity index (χ1) is 6.74. The summed E-state index contributed by atoms with van der Waals surface area (Å²) in [7, 11) is 0. The van der Waals surface area contributed by atoms with Crippen molar-refractivity contribution in [3.8, 4) is 0 Å². The Morgan fingerprint density at radius 1 is 1.19 bits per heavy atom. The molecule has 1 nitrogen and oxygen atoms in total. The minimum absolute atomic E-state index is 0. The van der Waals surface area contributed by atoms with Crippen molar-refractivity contribution in [2.45, 2.75) is 20.8 Å². The van der Waals surface area contributed by atoms with Crippen molar-refractivity contribution in [2.75, 3.05) is 0 Å². The predicted octanol–water partition coefficient (Wildman–Crippen LogP) is 4.25. The molecular weight excluding hydrogens is 297 g/mol. The normalized spacial score (nSPS) is 8.88. The number of carbonyl (C=O) groups excluding carboxylic acids is 1. The van der Waals surface area contributed by atoms with Gasteiger partial charge in [-0.3, -0.25) is 4.79 Å². The first-order valence-corrected chi connectivity index (χ1v) is 5.00. The van der Waals surface area contributed by atoms with Crippen LogP contribution in [0.2, 0.25) is 0 Å². The van der Waals surface area contributed by atoms with Gasteiger partial charge >= 0.3 is 0 Å². The van der Waals surface area contributed by atoms with Crippen molar-refractivity contribution in [2.24, 2.45) is 0 Å². The van der Waals surface area contributed by atoms with E-state index >= 15 is 0 Å². The van der Waals surface area contributed by atoms with E-state index in [-0.39, 0.29) is 40.1 Å². The third-order valence-corrected chi connectivity index (χ3v) is 1.89. The molecule has 0 heterocycles. The van der Waals surface area contributed by atoms with Gasteiger partial charge < -0.3 is 7.43 Å². The summed E-state index contributed by atoms with van der Waals surface area (Å²) in [5.41, 5.74) is 2.05. The van der Waals surface area contributed by atoms with E-state index in [1.807, 2.05) is 45.0 Å². The minimum atomic E-state index is 0. The van der Waals surface area contributed by atoms with E-state index in [2.05, 4.69) is 0 Å². The molecule has 0 fully saturated rings. The summed E-state index contributed by atoms with van der Waals surface area (Å²) in [6.07, 6.45) is 2.02. The zero-order chi connectivity index (χ0) is 11.0. The van der Waals surface area contributed by atoms with Gasteiger partial charge in [-0.15, -0.1) is 0 Å². The molecule has 0 unspecified atom stereocenters. The smallest absolute Gasteiger partial charge is 0.144 e. The fourth-order valence-electron chi connectivity index (χ4n) is 0.869. The van der Waals surface area contributed by atoms with E-state index in [0.717, 1.165) is 5.56 Å². The van der Waals surface area contributed by atoms with Crippen LogP contribution < -0.4 is 0 Å². The van der Waals surface area contributed by atoms with E-state index in [1.54, 1.807) is 0 Å². The second kappa shape index (κ2) is 13.1. The Kier molecular flexibility index (Phi) is 17.4. The molecule has 0 aliphatic carbocycles. The van der Waals surface area contributed by atoms with Gasteiger partial charge in [0.15, 0.2) is 0 Å². The van der Waals surface area contributed by atoms with Crippen LogP contribution in [0.25, 0.3) is 5.03 Å². The Morgan fingerprint density at radius 2 is 1.62 bits per heavy atom. The van der Waals surface area contributed by atoms with E-state index in [9.17, 15) is 4.79 Å². The molecule has 1 rings (SSSR count). The summed E-state index contributed by atoms with van der Waals surface area (Å²) >= 11 is 5.79. The van der Waals surface area contributed by atoms with Gasteiger partial charge in [0.25, 0.3) is 0 Å². The average Bonchev–Trinajstić information content (AvgIpc) is 2.22. The third-order valence-electron chi connectivity index (χ3n) is 1.54. The summed E-state index contributed by atoms with van der Waals surface area (Å²) in [6.45, 7) is 6.00. The predicted molar refractivity (Wildman–Crippen MR) is 68.8 cm³/mol. The van der Waals surface area contributed by atoms with Crippen molar-refractivity contribution in [1.82, 2.24) is 0 Å². The number of benzene rings is 1. The number of carbonyl (C=O) groups is 1. The second-order valence-corrected chi connectivity index (χ2v) is 2.92. The number of rotatable bonds is 2. The maximum Gasteiger partial charge on any atom is 0.144 e. The largest absolute Gasteiger partial charge is 0.358 e. The molecule has 0 atom stereocenters. The van der Waals surface area contributed by atoms with Crippen LogP contribution >= 0.6 is 11.6 Å². The fraction of sp³-hybridized carbons (Fsp3) is 0.231. The fourth-order valence-corrected chi connectivity index (χ4v) is 1.05. The Bertz CT molecular complexity index is 304. The molecule has 3 heteroatoms. The van der Waals surface area contributed by atoms with Gasteiger partial charge in [0.2, 0.25) is 0 Å². The van der Waals surface area contributed by atoms with Crippen LogP contribution in [0.3, 0.4) is 0 Å². The number of aryl methyl sites for hydroxylation is 1. The average molecular weight is 315 g/mol. The number of halogens is 1. The molecule has 0 N–H and O–H groups in total. The molecule has 0 aliphatic heterocycles. The van der Waals surface area contributed by atoms with Crippen LogP contribution in [0.4, 0.5) is 0 Å². The van der Waals surface area contributed by atoms with Gasteiger partial charge in [-0.05, 0) is 18.6 Å². The van der Waals surface area contributed by atoms with E-state index in [4.69, 9.17) is 11.6 Å². The Hall–Kier alpha value is 0.0239. The molecule has 87 valence electrons. The van der Waals surface area contributed by atoms with E-state index in [1.165, 1.54) is 11.6 Å². The van der Waals surface area contributed by atoms with Crippen molar-refractivity contribution >= 4 is 22.9 Å². The Balaban J connectivity index is -0.000000399. The van der Waals surface area contributed by atoms with E-state index < -0.39 is 0 Å². The standard InChI is InChI=1S/C10H9ClO.C2H6.CH3.Y/c1-8-2-4-9(5-3-8)10(11)6-7-12;1-2;;/h2-7H,1H3;1-2H3;1H3;/q;;-1;/b10-6-;;;. The molecule has 0 amide bonds. The summed E-state index contributed by atoms with van der Waals surface area (Å²) in [5, 5.41) is 0.477. The van der Waals surface area contributed by atoms with Crippen LogP contribution in [-0.4, -0.2) is 6.29 Å². The molecule has 1 radical (unpaired) electrons. The SMILES string of the molecule is CC.Cc1ccc(/C(Cl)=C/C=O)cc1.[CH3-].[Y]. The second-order valence-electron chi connectivity index (χ2n) is 2.52. The topological polar surface area (TPSA) is 17.1 Å². The van der Waals surface area contributed by atoms with Crippen LogP contribution in [0.15, 0.2) is 30.3 Å². The first kappa shape index (κ1) is 21.3. The maximum absolute atomic E-state index is 10.1. The van der Waals surface area contributed by atoms with Crippen LogP contribution in [0.5, 0.6) is 0 Å². The molecule has 0 saturated carbocycles. The Morgan fingerprint density at radius 3 is 2.00 bits per heavy atom. The zero-order valence-electron chi connectivity index (χ0n) is 10.3. The van der Waals surface area contributed by atoms with Crippen molar-refractivity contribution in [1.29, 1.82) is 0 Å². The van der Waals surface area contributed by atoms with Gasteiger partial charge in [-0.1, -0.05) is 55.3 Å². The van der Waals surface area contributed by atoms with Crippen molar-refractivity contribution in [3.63, 3.8) is 0 Å². The summed E-state index contributed by atoms with van der Waals surface area (Å²) in [4.78, 5) is 10.1. The van der Waals surface area contributed by atoms with Gasteiger partial charge in [0.1, 0.15) is 6.29 Å².